The summed E-state index contributed by atoms with van der Waals surface area (Å²) in [5, 5.41) is 4.21. The molecule has 2 aromatic heterocycles. The Morgan fingerprint density at radius 3 is 2.92 bits per heavy atom. The van der Waals surface area contributed by atoms with E-state index in [4.69, 9.17) is 4.74 Å². The van der Waals surface area contributed by atoms with Gasteiger partial charge in [-0.3, -0.25) is 9.48 Å². The Hall–Kier alpha value is -2.28. The molecule has 24 heavy (non-hydrogen) atoms. The molecule has 3 rings (SSSR count). The first-order chi connectivity index (χ1) is 11.6. The van der Waals surface area contributed by atoms with Crippen LogP contribution in [0.5, 0.6) is 0 Å². The Morgan fingerprint density at radius 1 is 1.38 bits per heavy atom. The number of aryl methyl sites for hydroxylation is 2. The van der Waals surface area contributed by atoms with Crippen LogP contribution in [0.1, 0.15) is 36.8 Å². The van der Waals surface area contributed by atoms with E-state index in [2.05, 4.69) is 15.1 Å². The topological polar surface area (TPSA) is 73.1 Å². The van der Waals surface area contributed by atoms with Crippen LogP contribution in [0.2, 0.25) is 0 Å². The van der Waals surface area contributed by atoms with Gasteiger partial charge in [-0.25, -0.2) is 9.97 Å². The predicted molar refractivity (Wildman–Crippen MR) is 89.2 cm³/mol. The average Bonchev–Trinajstić information content (AvgIpc) is 3.00. The van der Waals surface area contributed by atoms with Crippen molar-refractivity contribution >= 4 is 5.91 Å². The van der Waals surface area contributed by atoms with Crippen molar-refractivity contribution in [1.82, 2.24) is 24.6 Å². The van der Waals surface area contributed by atoms with E-state index >= 15 is 0 Å². The van der Waals surface area contributed by atoms with Crippen LogP contribution in [0.4, 0.5) is 0 Å². The molecule has 0 bridgehead atoms. The number of likely N-dealkylation sites (tertiary alicyclic amines) is 1. The van der Waals surface area contributed by atoms with Crippen LogP contribution in [-0.4, -0.2) is 50.8 Å². The highest BCUT2D eigenvalue weighted by molar-refractivity contribution is 5.78. The van der Waals surface area contributed by atoms with Crippen molar-refractivity contribution in [2.75, 3.05) is 20.3 Å². The van der Waals surface area contributed by atoms with Crippen molar-refractivity contribution in [3.63, 3.8) is 0 Å². The van der Waals surface area contributed by atoms with Gasteiger partial charge in [0.05, 0.1) is 23.1 Å². The van der Waals surface area contributed by atoms with Crippen LogP contribution in [0.3, 0.4) is 0 Å². The summed E-state index contributed by atoms with van der Waals surface area (Å²) in [6.07, 6.45) is 4.77. The molecule has 0 N–H and O–H groups in total. The van der Waals surface area contributed by atoms with E-state index in [0.29, 0.717) is 5.82 Å². The molecule has 0 spiro atoms. The number of methoxy groups -OCH3 is 1. The van der Waals surface area contributed by atoms with E-state index in [1.807, 2.05) is 31.0 Å². The third-order valence-corrected chi connectivity index (χ3v) is 4.37. The lowest BCUT2D eigenvalue weighted by atomic mass is 9.98. The normalized spacial score (nSPS) is 18.0. The van der Waals surface area contributed by atoms with E-state index in [1.165, 1.54) is 0 Å². The summed E-state index contributed by atoms with van der Waals surface area (Å²) in [5.74, 6) is 0.717. The predicted octanol–water partition coefficient (Wildman–Crippen LogP) is 1.89. The maximum absolute atomic E-state index is 12.4. The second-order valence-corrected chi connectivity index (χ2v) is 6.10. The van der Waals surface area contributed by atoms with Gasteiger partial charge in [0.2, 0.25) is 5.91 Å². The van der Waals surface area contributed by atoms with E-state index in [-0.39, 0.29) is 18.6 Å². The van der Waals surface area contributed by atoms with Gasteiger partial charge in [-0.2, -0.15) is 5.10 Å². The fourth-order valence-corrected chi connectivity index (χ4v) is 3.26. The number of aromatic nitrogens is 4. The van der Waals surface area contributed by atoms with Gasteiger partial charge in [0.15, 0.2) is 0 Å². The summed E-state index contributed by atoms with van der Waals surface area (Å²) < 4.78 is 6.82. The molecule has 1 fully saturated rings. The maximum Gasteiger partial charge on any atom is 0.249 e. The summed E-state index contributed by atoms with van der Waals surface area (Å²) in [5.41, 5.74) is 2.66. The first kappa shape index (κ1) is 16.6. The number of piperidine rings is 1. The zero-order valence-corrected chi connectivity index (χ0v) is 14.4. The molecule has 0 aliphatic carbocycles. The molecular weight excluding hydrogens is 306 g/mol. The number of carbonyl (C=O) groups excluding carboxylic acids is 1. The minimum absolute atomic E-state index is 0.0144. The summed E-state index contributed by atoms with van der Waals surface area (Å²) >= 11 is 0. The first-order valence-electron chi connectivity index (χ1n) is 8.22. The van der Waals surface area contributed by atoms with Crippen molar-refractivity contribution in [2.45, 2.75) is 32.2 Å². The molecule has 1 aliphatic heterocycles. The molecule has 3 heterocycles. The van der Waals surface area contributed by atoms with Crippen molar-refractivity contribution in [1.29, 1.82) is 0 Å². The number of rotatable bonds is 4. The largest absolute Gasteiger partial charge is 0.375 e. The molecule has 1 aliphatic rings. The van der Waals surface area contributed by atoms with Crippen molar-refractivity contribution in [2.24, 2.45) is 7.05 Å². The van der Waals surface area contributed by atoms with Gasteiger partial charge in [-0.1, -0.05) is 0 Å². The lowest BCUT2D eigenvalue weighted by Crippen LogP contribution is -2.40. The fourth-order valence-electron chi connectivity index (χ4n) is 3.26. The highest BCUT2D eigenvalue weighted by atomic mass is 16.5. The molecule has 1 atom stereocenters. The summed E-state index contributed by atoms with van der Waals surface area (Å²) in [6, 6.07) is 3.89. The van der Waals surface area contributed by atoms with Crippen LogP contribution >= 0.6 is 0 Å². The van der Waals surface area contributed by atoms with Crippen molar-refractivity contribution in [3.05, 3.63) is 29.8 Å². The zero-order valence-electron chi connectivity index (χ0n) is 14.4. The average molecular weight is 329 g/mol. The quantitative estimate of drug-likeness (QED) is 0.856. The Morgan fingerprint density at radius 2 is 2.21 bits per heavy atom. The summed E-state index contributed by atoms with van der Waals surface area (Å²) in [7, 11) is 3.44. The fraction of sp³-hybridized carbons (Fsp3) is 0.529. The van der Waals surface area contributed by atoms with Gasteiger partial charge in [0.25, 0.3) is 0 Å². The number of hydrogen-bond donors (Lipinski definition) is 0. The lowest BCUT2D eigenvalue weighted by Gasteiger charge is -2.35. The Balaban J connectivity index is 1.96. The van der Waals surface area contributed by atoms with E-state index in [9.17, 15) is 4.79 Å². The van der Waals surface area contributed by atoms with Crippen LogP contribution in [0.25, 0.3) is 11.4 Å². The lowest BCUT2D eigenvalue weighted by molar-refractivity contribution is -0.139. The third kappa shape index (κ3) is 3.31. The van der Waals surface area contributed by atoms with Crippen LogP contribution < -0.4 is 0 Å². The minimum atomic E-state index is -0.0184. The molecule has 0 saturated carbocycles. The van der Waals surface area contributed by atoms with Crippen molar-refractivity contribution in [3.8, 4) is 11.4 Å². The zero-order chi connectivity index (χ0) is 17.1. The van der Waals surface area contributed by atoms with E-state index in [0.717, 1.165) is 42.9 Å². The standard InChI is InChI=1S/C17H23N5O2/c1-12-19-13(15-7-8-18-21(15)2)10-14(20-12)16-6-4-5-9-22(16)17(23)11-24-3/h7-8,10,16H,4-6,9,11H2,1-3H3/t16-/m1/s1. The van der Waals surface area contributed by atoms with E-state index < -0.39 is 0 Å². The highest BCUT2D eigenvalue weighted by Crippen LogP contribution is 2.31. The number of amides is 1. The van der Waals surface area contributed by atoms with Gasteiger partial charge in [0, 0.05) is 26.9 Å². The molecule has 1 saturated heterocycles. The van der Waals surface area contributed by atoms with Gasteiger partial charge < -0.3 is 9.64 Å². The van der Waals surface area contributed by atoms with Crippen LogP contribution in [-0.2, 0) is 16.6 Å². The molecule has 0 unspecified atom stereocenters. The summed E-state index contributed by atoms with van der Waals surface area (Å²) in [4.78, 5) is 23.4. The second-order valence-electron chi connectivity index (χ2n) is 6.10. The molecule has 1 amide bonds. The Labute approximate surface area is 141 Å². The van der Waals surface area contributed by atoms with Gasteiger partial charge in [-0.05, 0) is 38.3 Å². The molecule has 0 aromatic carbocycles. The van der Waals surface area contributed by atoms with Gasteiger partial charge in [0.1, 0.15) is 12.4 Å². The first-order valence-corrected chi connectivity index (χ1v) is 8.22. The number of ether oxygens (including phenoxy) is 1. The molecule has 0 radical (unpaired) electrons. The van der Waals surface area contributed by atoms with Gasteiger partial charge in [-0.15, -0.1) is 0 Å². The molecule has 7 nitrogen and oxygen atoms in total. The Kier molecular flexibility index (Phi) is 4.89. The van der Waals surface area contributed by atoms with Crippen molar-refractivity contribution < 1.29 is 9.53 Å². The number of hydrogen-bond acceptors (Lipinski definition) is 5. The third-order valence-electron chi connectivity index (χ3n) is 4.37. The van der Waals surface area contributed by atoms with Gasteiger partial charge >= 0.3 is 0 Å². The number of carbonyl (C=O) groups is 1. The maximum atomic E-state index is 12.4. The number of nitrogens with zero attached hydrogens (tertiary/aromatic N) is 5. The second kappa shape index (κ2) is 7.09. The van der Waals surface area contributed by atoms with Crippen LogP contribution in [0, 0.1) is 6.92 Å². The minimum Gasteiger partial charge on any atom is -0.375 e. The molecule has 2 aromatic rings. The molecule has 128 valence electrons. The SMILES string of the molecule is COCC(=O)N1CCCC[C@@H]1c1cc(-c2ccnn2C)nc(C)n1. The smallest absolute Gasteiger partial charge is 0.249 e. The van der Waals surface area contributed by atoms with Crippen LogP contribution in [0.15, 0.2) is 18.3 Å². The molecular formula is C17H23N5O2. The monoisotopic (exact) mass is 329 g/mol. The Bertz CT molecular complexity index is 728. The van der Waals surface area contributed by atoms with E-state index in [1.54, 1.807) is 18.0 Å². The highest BCUT2D eigenvalue weighted by Gasteiger charge is 2.29. The molecule has 7 heteroatoms. The summed E-state index contributed by atoms with van der Waals surface area (Å²) in [6.45, 7) is 2.74.